The number of hydrogen-bond acceptors (Lipinski definition) is 2. The van der Waals surface area contributed by atoms with E-state index in [9.17, 15) is 9.18 Å². The molecule has 1 aliphatic rings. The van der Waals surface area contributed by atoms with E-state index in [1.165, 1.54) is 17.2 Å². The molecule has 0 saturated carbocycles. The molecule has 2 unspecified atom stereocenters. The molecule has 140 valence electrons. The van der Waals surface area contributed by atoms with Crippen LogP contribution >= 0.6 is 12.4 Å². The maximum Gasteiger partial charge on any atom is 0.223 e. The van der Waals surface area contributed by atoms with Gasteiger partial charge in [-0.15, -0.1) is 12.4 Å². The second-order valence-corrected chi connectivity index (χ2v) is 6.94. The number of nitrogens with two attached hydrogens (primary N) is 1. The van der Waals surface area contributed by atoms with Crippen LogP contribution in [-0.4, -0.2) is 5.91 Å². The van der Waals surface area contributed by atoms with E-state index in [0.717, 1.165) is 24.9 Å². The van der Waals surface area contributed by atoms with Gasteiger partial charge in [0.25, 0.3) is 0 Å². The van der Waals surface area contributed by atoms with Gasteiger partial charge in [0.15, 0.2) is 0 Å². The minimum Gasteiger partial charge on any atom is -0.399 e. The van der Waals surface area contributed by atoms with Gasteiger partial charge in [0.1, 0.15) is 5.82 Å². The smallest absolute Gasteiger partial charge is 0.223 e. The number of anilines is 1. The summed E-state index contributed by atoms with van der Waals surface area (Å²) in [6.07, 6.45) is 4.20. The van der Waals surface area contributed by atoms with Gasteiger partial charge in [-0.2, -0.15) is 0 Å². The summed E-state index contributed by atoms with van der Waals surface area (Å²) in [6.45, 7) is 1.91. The van der Waals surface area contributed by atoms with Gasteiger partial charge < -0.3 is 11.1 Å². The SMILES string of the molecule is CC(CCc1ccccc1F)C(=O)NC1CCCc2cc(N)ccc21.Cl. The number of nitrogen functional groups attached to an aromatic ring is 1. The fraction of sp³-hybridized carbons (Fsp3) is 0.381. The first-order chi connectivity index (χ1) is 12.0. The summed E-state index contributed by atoms with van der Waals surface area (Å²) in [5.74, 6) is -0.321. The summed E-state index contributed by atoms with van der Waals surface area (Å²) >= 11 is 0. The van der Waals surface area contributed by atoms with Gasteiger partial charge in [0.05, 0.1) is 6.04 Å². The van der Waals surface area contributed by atoms with Gasteiger partial charge in [-0.3, -0.25) is 4.79 Å². The Labute approximate surface area is 160 Å². The predicted molar refractivity (Wildman–Crippen MR) is 106 cm³/mol. The summed E-state index contributed by atoms with van der Waals surface area (Å²) in [5, 5.41) is 3.17. The Morgan fingerprint density at radius 3 is 2.85 bits per heavy atom. The van der Waals surface area contributed by atoms with Gasteiger partial charge >= 0.3 is 0 Å². The summed E-state index contributed by atoms with van der Waals surface area (Å²) < 4.78 is 13.7. The third-order valence-electron chi connectivity index (χ3n) is 5.05. The van der Waals surface area contributed by atoms with E-state index in [1.807, 2.05) is 31.2 Å². The maximum absolute atomic E-state index is 13.7. The zero-order chi connectivity index (χ0) is 17.8. The van der Waals surface area contributed by atoms with Crippen molar-refractivity contribution in [2.45, 2.75) is 45.1 Å². The first kappa shape index (κ1) is 20.2. The van der Waals surface area contributed by atoms with Crippen molar-refractivity contribution in [3.63, 3.8) is 0 Å². The van der Waals surface area contributed by atoms with Gasteiger partial charge in [0.2, 0.25) is 5.91 Å². The highest BCUT2D eigenvalue weighted by molar-refractivity contribution is 5.85. The molecule has 1 amide bonds. The van der Waals surface area contributed by atoms with Crippen molar-refractivity contribution in [2.24, 2.45) is 5.92 Å². The van der Waals surface area contributed by atoms with Gasteiger partial charge in [-0.05, 0) is 67.0 Å². The summed E-state index contributed by atoms with van der Waals surface area (Å²) in [6, 6.07) is 12.7. The quantitative estimate of drug-likeness (QED) is 0.750. The van der Waals surface area contributed by atoms with E-state index < -0.39 is 0 Å². The van der Waals surface area contributed by atoms with E-state index in [0.29, 0.717) is 18.4 Å². The van der Waals surface area contributed by atoms with Crippen LogP contribution in [0.2, 0.25) is 0 Å². The largest absolute Gasteiger partial charge is 0.399 e. The summed E-state index contributed by atoms with van der Waals surface area (Å²) in [7, 11) is 0. The summed E-state index contributed by atoms with van der Waals surface area (Å²) in [4.78, 5) is 12.6. The number of carbonyl (C=O) groups excluding carboxylic acids is 1. The average molecular weight is 377 g/mol. The van der Waals surface area contributed by atoms with Crippen molar-refractivity contribution in [3.8, 4) is 0 Å². The first-order valence-corrected chi connectivity index (χ1v) is 8.96. The van der Waals surface area contributed by atoms with Crippen molar-refractivity contribution in [2.75, 3.05) is 5.73 Å². The molecule has 3 rings (SSSR count). The molecule has 0 aromatic heterocycles. The molecule has 2 aromatic carbocycles. The number of carbonyl (C=O) groups is 1. The lowest BCUT2D eigenvalue weighted by Crippen LogP contribution is -2.34. The molecule has 26 heavy (non-hydrogen) atoms. The van der Waals surface area contributed by atoms with Crippen molar-refractivity contribution in [1.29, 1.82) is 0 Å². The van der Waals surface area contributed by atoms with E-state index in [2.05, 4.69) is 5.32 Å². The second-order valence-electron chi connectivity index (χ2n) is 6.94. The molecule has 1 aliphatic carbocycles. The Morgan fingerprint density at radius 2 is 2.08 bits per heavy atom. The molecule has 0 radical (unpaired) electrons. The normalized spacial score (nSPS) is 16.9. The molecule has 0 spiro atoms. The lowest BCUT2D eigenvalue weighted by Gasteiger charge is -2.28. The number of hydrogen-bond donors (Lipinski definition) is 2. The van der Waals surface area contributed by atoms with Crippen molar-refractivity contribution >= 4 is 24.0 Å². The third kappa shape index (κ3) is 4.76. The lowest BCUT2D eigenvalue weighted by atomic mass is 9.87. The highest BCUT2D eigenvalue weighted by Crippen LogP contribution is 2.31. The van der Waals surface area contributed by atoms with Crippen LogP contribution in [0.15, 0.2) is 42.5 Å². The zero-order valence-electron chi connectivity index (χ0n) is 15.0. The molecule has 3 nitrogen and oxygen atoms in total. The van der Waals surface area contributed by atoms with E-state index in [1.54, 1.807) is 12.1 Å². The van der Waals surface area contributed by atoms with Crippen LogP contribution in [0.3, 0.4) is 0 Å². The van der Waals surface area contributed by atoms with Crippen LogP contribution < -0.4 is 11.1 Å². The molecule has 0 fully saturated rings. The molecular formula is C21H26ClFN2O. The number of rotatable bonds is 5. The topological polar surface area (TPSA) is 55.1 Å². The van der Waals surface area contributed by atoms with Crippen LogP contribution in [0.25, 0.3) is 0 Å². The highest BCUT2D eigenvalue weighted by atomic mass is 35.5. The third-order valence-corrected chi connectivity index (χ3v) is 5.05. The van der Waals surface area contributed by atoms with Crippen molar-refractivity contribution in [3.05, 3.63) is 65.0 Å². The van der Waals surface area contributed by atoms with E-state index in [-0.39, 0.29) is 36.1 Å². The van der Waals surface area contributed by atoms with Crippen LogP contribution in [0, 0.1) is 11.7 Å². The van der Waals surface area contributed by atoms with E-state index in [4.69, 9.17) is 5.73 Å². The number of fused-ring (bicyclic) bond motifs is 1. The fourth-order valence-corrected chi connectivity index (χ4v) is 3.50. The minimum atomic E-state index is -0.200. The zero-order valence-corrected chi connectivity index (χ0v) is 15.8. The standard InChI is InChI=1S/C21H25FN2O.ClH/c1-14(9-10-15-5-2-3-7-19(15)22)21(25)24-20-8-4-6-16-13-17(23)11-12-18(16)20;/h2-3,5,7,11-14,20H,4,6,8-10,23H2,1H3,(H,24,25);1H. The Morgan fingerprint density at radius 1 is 1.31 bits per heavy atom. The molecule has 0 saturated heterocycles. The van der Waals surface area contributed by atoms with Crippen LogP contribution in [0.5, 0.6) is 0 Å². The number of halogens is 2. The predicted octanol–water partition coefficient (Wildman–Crippen LogP) is 4.59. The molecule has 5 heteroatoms. The summed E-state index contributed by atoms with van der Waals surface area (Å²) in [5.41, 5.74) is 9.71. The molecule has 3 N–H and O–H groups in total. The number of aryl methyl sites for hydroxylation is 2. The molecule has 2 aromatic rings. The Bertz CT molecular complexity index is 765. The molecule has 0 bridgehead atoms. The first-order valence-electron chi connectivity index (χ1n) is 8.96. The van der Waals surface area contributed by atoms with Crippen LogP contribution in [-0.2, 0) is 17.6 Å². The van der Waals surface area contributed by atoms with Gasteiger partial charge in [0, 0.05) is 11.6 Å². The fourth-order valence-electron chi connectivity index (χ4n) is 3.50. The lowest BCUT2D eigenvalue weighted by molar-refractivity contribution is -0.125. The molecule has 2 atom stereocenters. The minimum absolute atomic E-state index is 0. The van der Waals surface area contributed by atoms with Gasteiger partial charge in [-0.25, -0.2) is 4.39 Å². The van der Waals surface area contributed by atoms with Crippen LogP contribution in [0.4, 0.5) is 10.1 Å². The van der Waals surface area contributed by atoms with Crippen LogP contribution in [0.1, 0.15) is 48.9 Å². The Kier molecular flexibility index (Phi) is 7.04. The molecule has 0 aliphatic heterocycles. The number of nitrogens with one attached hydrogen (secondary N) is 1. The Balaban J connectivity index is 0.00000243. The molecular weight excluding hydrogens is 351 g/mol. The average Bonchev–Trinajstić information content (AvgIpc) is 2.60. The Hall–Kier alpha value is -2.07. The monoisotopic (exact) mass is 376 g/mol. The maximum atomic E-state index is 13.7. The van der Waals surface area contributed by atoms with E-state index >= 15 is 0 Å². The number of benzene rings is 2. The van der Waals surface area contributed by atoms with Crippen molar-refractivity contribution in [1.82, 2.24) is 5.32 Å². The second kappa shape index (κ2) is 9.04. The highest BCUT2D eigenvalue weighted by Gasteiger charge is 2.24. The van der Waals surface area contributed by atoms with Crippen molar-refractivity contribution < 1.29 is 9.18 Å². The van der Waals surface area contributed by atoms with Gasteiger partial charge in [-0.1, -0.05) is 31.2 Å². The molecule has 0 heterocycles. The number of amides is 1.